The smallest absolute Gasteiger partial charge is 0.167 e. The van der Waals surface area contributed by atoms with Gasteiger partial charge in [-0.05, 0) is 48.1 Å². The summed E-state index contributed by atoms with van der Waals surface area (Å²) in [5.74, 6) is 1.50. The second-order valence-corrected chi connectivity index (χ2v) is 10.4. The molecular formula is C24H34N2O2. The van der Waals surface area contributed by atoms with E-state index in [-0.39, 0.29) is 16.6 Å². The molecular weight excluding hydrogens is 348 g/mol. The Kier molecular flexibility index (Phi) is 5.44. The summed E-state index contributed by atoms with van der Waals surface area (Å²) in [4.78, 5) is 13.1. The molecule has 0 saturated heterocycles. The average Bonchev–Trinajstić information content (AvgIpc) is 2.90. The van der Waals surface area contributed by atoms with Crippen molar-refractivity contribution in [2.24, 2.45) is 16.7 Å². The van der Waals surface area contributed by atoms with Gasteiger partial charge in [-0.2, -0.15) is 5.10 Å². The van der Waals surface area contributed by atoms with Crippen LogP contribution >= 0.6 is 0 Å². The van der Waals surface area contributed by atoms with Crippen molar-refractivity contribution in [3.05, 3.63) is 41.2 Å². The lowest BCUT2D eigenvalue weighted by atomic mass is 9.75. The van der Waals surface area contributed by atoms with Crippen LogP contribution in [0.3, 0.4) is 0 Å². The van der Waals surface area contributed by atoms with Crippen molar-refractivity contribution >= 4 is 5.78 Å². The van der Waals surface area contributed by atoms with Gasteiger partial charge >= 0.3 is 0 Å². The summed E-state index contributed by atoms with van der Waals surface area (Å²) in [7, 11) is 1.67. The summed E-state index contributed by atoms with van der Waals surface area (Å²) in [6, 6.07) is 7.92. The summed E-state index contributed by atoms with van der Waals surface area (Å²) < 4.78 is 7.38. The summed E-state index contributed by atoms with van der Waals surface area (Å²) in [6.07, 6.45) is 3.38. The van der Waals surface area contributed by atoms with Crippen LogP contribution < -0.4 is 4.74 Å². The maximum Gasteiger partial charge on any atom is 0.167 e. The van der Waals surface area contributed by atoms with Crippen LogP contribution in [0.15, 0.2) is 24.3 Å². The zero-order valence-corrected chi connectivity index (χ0v) is 18.4. The second-order valence-electron chi connectivity index (χ2n) is 10.4. The Morgan fingerprint density at radius 1 is 1.25 bits per heavy atom. The second kappa shape index (κ2) is 7.38. The van der Waals surface area contributed by atoms with Crippen LogP contribution in [0, 0.1) is 16.7 Å². The van der Waals surface area contributed by atoms with Crippen molar-refractivity contribution in [3.63, 3.8) is 0 Å². The van der Waals surface area contributed by atoms with Crippen molar-refractivity contribution in [1.82, 2.24) is 9.78 Å². The molecule has 0 spiro atoms. The van der Waals surface area contributed by atoms with E-state index in [1.165, 1.54) is 0 Å². The summed E-state index contributed by atoms with van der Waals surface area (Å²) in [5.41, 5.74) is 4.04. The predicted molar refractivity (Wildman–Crippen MR) is 113 cm³/mol. The minimum absolute atomic E-state index is 0.0466. The molecule has 0 amide bonds. The molecule has 152 valence electrons. The Morgan fingerprint density at radius 2 is 1.96 bits per heavy atom. The summed E-state index contributed by atoms with van der Waals surface area (Å²) in [5, 5.41) is 4.96. The number of hydrogen-bond acceptors (Lipinski definition) is 3. The fourth-order valence-electron chi connectivity index (χ4n) is 4.57. The van der Waals surface area contributed by atoms with Crippen molar-refractivity contribution < 1.29 is 9.53 Å². The van der Waals surface area contributed by atoms with Gasteiger partial charge in [0.25, 0.3) is 0 Å². The molecule has 0 aliphatic heterocycles. The third-order valence-electron chi connectivity index (χ3n) is 5.42. The molecule has 1 unspecified atom stereocenters. The van der Waals surface area contributed by atoms with Crippen LogP contribution in [0.5, 0.6) is 5.75 Å². The van der Waals surface area contributed by atoms with E-state index in [9.17, 15) is 4.79 Å². The zero-order valence-electron chi connectivity index (χ0n) is 18.4. The SMILES string of the molecule is COc1cccc(-n2nc(CC(C)CC(C)(C)C)c3c2CC(C)(C)CC3=O)c1. The van der Waals surface area contributed by atoms with E-state index in [4.69, 9.17) is 9.84 Å². The molecule has 0 saturated carbocycles. The number of ether oxygens (including phenoxy) is 1. The zero-order chi connectivity index (χ0) is 20.7. The first kappa shape index (κ1) is 20.6. The van der Waals surface area contributed by atoms with E-state index in [0.717, 1.165) is 47.7 Å². The number of nitrogens with zero attached hydrogens (tertiary/aromatic N) is 2. The fourth-order valence-corrected chi connectivity index (χ4v) is 4.57. The lowest BCUT2D eigenvalue weighted by Crippen LogP contribution is -2.28. The maximum atomic E-state index is 13.1. The van der Waals surface area contributed by atoms with Crippen molar-refractivity contribution in [1.29, 1.82) is 0 Å². The van der Waals surface area contributed by atoms with Crippen LogP contribution in [0.1, 0.15) is 76.1 Å². The Hall–Kier alpha value is -2.10. The Labute approximate surface area is 169 Å². The first-order valence-corrected chi connectivity index (χ1v) is 10.3. The van der Waals surface area contributed by atoms with Crippen LogP contribution in [0.4, 0.5) is 0 Å². The van der Waals surface area contributed by atoms with Crippen molar-refractivity contribution in [2.75, 3.05) is 7.11 Å². The molecule has 0 N–H and O–H groups in total. The molecule has 28 heavy (non-hydrogen) atoms. The molecule has 0 fully saturated rings. The van der Waals surface area contributed by atoms with Gasteiger partial charge in [-0.15, -0.1) is 0 Å². The highest BCUT2D eigenvalue weighted by atomic mass is 16.5. The van der Waals surface area contributed by atoms with E-state index in [1.54, 1.807) is 7.11 Å². The topological polar surface area (TPSA) is 44.1 Å². The van der Waals surface area contributed by atoms with Gasteiger partial charge in [0.1, 0.15) is 5.75 Å². The molecule has 1 aliphatic carbocycles. The molecule has 1 aliphatic rings. The first-order valence-electron chi connectivity index (χ1n) is 10.3. The fraction of sp³-hybridized carbons (Fsp3) is 0.583. The quantitative estimate of drug-likeness (QED) is 0.671. The largest absolute Gasteiger partial charge is 0.497 e. The first-order chi connectivity index (χ1) is 13.0. The Bertz CT molecular complexity index is 871. The van der Waals surface area contributed by atoms with E-state index in [1.807, 2.05) is 28.9 Å². The number of ketones is 1. The van der Waals surface area contributed by atoms with Crippen LogP contribution in [0.2, 0.25) is 0 Å². The summed E-state index contributed by atoms with van der Waals surface area (Å²) >= 11 is 0. The predicted octanol–water partition coefficient (Wildman–Crippen LogP) is 5.65. The van der Waals surface area contributed by atoms with Crippen molar-refractivity contribution in [2.45, 2.75) is 67.2 Å². The Balaban J connectivity index is 2.07. The van der Waals surface area contributed by atoms with Gasteiger partial charge in [-0.25, -0.2) is 4.68 Å². The number of rotatable bonds is 5. The highest BCUT2D eigenvalue weighted by Gasteiger charge is 2.37. The third kappa shape index (κ3) is 4.48. The minimum Gasteiger partial charge on any atom is -0.497 e. The van der Waals surface area contributed by atoms with Gasteiger partial charge in [-0.3, -0.25) is 4.79 Å². The van der Waals surface area contributed by atoms with Crippen LogP contribution in [0.25, 0.3) is 5.69 Å². The van der Waals surface area contributed by atoms with Gasteiger partial charge in [0, 0.05) is 12.5 Å². The number of aromatic nitrogens is 2. The van der Waals surface area contributed by atoms with Gasteiger partial charge < -0.3 is 4.74 Å². The molecule has 0 bridgehead atoms. The van der Waals surface area contributed by atoms with E-state index in [2.05, 4.69) is 41.5 Å². The molecule has 4 heteroatoms. The Morgan fingerprint density at radius 3 is 2.61 bits per heavy atom. The molecule has 1 aromatic carbocycles. The molecule has 1 heterocycles. The van der Waals surface area contributed by atoms with E-state index in [0.29, 0.717) is 12.3 Å². The molecule has 1 atom stereocenters. The molecule has 0 radical (unpaired) electrons. The lowest BCUT2D eigenvalue weighted by molar-refractivity contribution is 0.0909. The summed E-state index contributed by atoms with van der Waals surface area (Å²) in [6.45, 7) is 13.4. The number of fused-ring (bicyclic) bond motifs is 1. The van der Waals surface area contributed by atoms with Crippen LogP contribution in [-0.4, -0.2) is 22.7 Å². The van der Waals surface area contributed by atoms with Gasteiger partial charge in [0.15, 0.2) is 5.78 Å². The normalized spacial score (nSPS) is 17.3. The number of carbonyl (C=O) groups excluding carboxylic acids is 1. The van der Waals surface area contributed by atoms with E-state index < -0.39 is 0 Å². The van der Waals surface area contributed by atoms with Gasteiger partial charge in [-0.1, -0.05) is 47.6 Å². The van der Waals surface area contributed by atoms with Gasteiger partial charge in [0.05, 0.1) is 29.7 Å². The van der Waals surface area contributed by atoms with Crippen LogP contribution in [-0.2, 0) is 12.8 Å². The number of benzene rings is 1. The molecule has 3 rings (SSSR count). The number of hydrogen-bond donors (Lipinski definition) is 0. The maximum absolute atomic E-state index is 13.1. The number of carbonyl (C=O) groups is 1. The average molecular weight is 383 g/mol. The lowest BCUT2D eigenvalue weighted by Gasteiger charge is -2.29. The standard InChI is InChI=1S/C24H34N2O2/c1-16(13-23(2,3)4)11-19-22-20(14-24(5,6)15-21(22)27)26(25-19)17-9-8-10-18(12-17)28-7/h8-10,12,16H,11,13-15H2,1-7H3. The monoisotopic (exact) mass is 382 g/mol. The molecule has 4 nitrogen and oxygen atoms in total. The number of Topliss-reactive ketones (excluding diaryl/α,β-unsaturated/α-hetero) is 1. The molecule has 2 aromatic rings. The van der Waals surface area contributed by atoms with Gasteiger partial charge in [0.2, 0.25) is 0 Å². The highest BCUT2D eigenvalue weighted by Crippen LogP contribution is 2.38. The van der Waals surface area contributed by atoms with E-state index >= 15 is 0 Å². The number of methoxy groups -OCH3 is 1. The minimum atomic E-state index is -0.0466. The van der Waals surface area contributed by atoms with Crippen molar-refractivity contribution in [3.8, 4) is 11.4 Å². The molecule has 1 aromatic heterocycles. The third-order valence-corrected chi connectivity index (χ3v) is 5.42. The highest BCUT2D eigenvalue weighted by molar-refractivity contribution is 6.00.